The number of aromatic nitrogens is 1. The highest BCUT2D eigenvalue weighted by molar-refractivity contribution is 6.30. The van der Waals surface area contributed by atoms with Crippen LogP contribution in [-0.2, 0) is 28.9 Å². The largest absolute Gasteiger partial charge is 0.378 e. The van der Waals surface area contributed by atoms with Gasteiger partial charge in [0.15, 0.2) is 0 Å². The third-order valence-electron chi connectivity index (χ3n) is 6.43. The molecule has 7 heteroatoms. The van der Waals surface area contributed by atoms with E-state index in [2.05, 4.69) is 0 Å². The molecule has 0 unspecified atom stereocenters. The molecular weight excluding hydrogens is 438 g/mol. The van der Waals surface area contributed by atoms with Gasteiger partial charge in [-0.15, -0.1) is 0 Å². The van der Waals surface area contributed by atoms with Crippen molar-refractivity contribution in [2.45, 2.75) is 25.8 Å². The molecule has 3 aromatic rings. The van der Waals surface area contributed by atoms with Crippen molar-refractivity contribution in [3.8, 4) is 0 Å². The summed E-state index contributed by atoms with van der Waals surface area (Å²) in [6, 6.07) is 15.4. The number of ether oxygens (including phenoxy) is 1. The fourth-order valence-corrected chi connectivity index (χ4v) is 4.89. The van der Waals surface area contributed by atoms with Gasteiger partial charge >= 0.3 is 0 Å². The number of amides is 2. The molecule has 0 spiro atoms. The lowest BCUT2D eigenvalue weighted by atomic mass is 9.94. The van der Waals surface area contributed by atoms with Gasteiger partial charge < -0.3 is 14.5 Å². The van der Waals surface area contributed by atoms with Crippen molar-refractivity contribution in [1.29, 1.82) is 0 Å². The summed E-state index contributed by atoms with van der Waals surface area (Å²) in [5.41, 5.74) is 4.36. The standard InChI is InChI=1S/C26H26ClN3O3/c27-19-5-3-4-18(16-19)8-9-24(31)30-11-10-23-21(17-30)25(20-6-1-2-7-22(20)28-23)26(32)29-12-14-33-15-13-29/h1-7,16H,8-15,17H2. The average Bonchev–Trinajstić information content (AvgIpc) is 2.85. The Labute approximate surface area is 198 Å². The summed E-state index contributed by atoms with van der Waals surface area (Å²) < 4.78 is 5.44. The number of carbonyl (C=O) groups is 2. The molecule has 2 aliphatic heterocycles. The predicted molar refractivity (Wildman–Crippen MR) is 127 cm³/mol. The van der Waals surface area contributed by atoms with E-state index in [9.17, 15) is 9.59 Å². The van der Waals surface area contributed by atoms with Gasteiger partial charge in [0.25, 0.3) is 5.91 Å². The van der Waals surface area contributed by atoms with E-state index in [0.717, 1.165) is 27.7 Å². The molecule has 0 aliphatic carbocycles. The Bertz CT molecular complexity index is 1210. The van der Waals surface area contributed by atoms with Crippen molar-refractivity contribution in [3.63, 3.8) is 0 Å². The lowest BCUT2D eigenvalue weighted by Crippen LogP contribution is -2.42. The Hall–Kier alpha value is -2.96. The SMILES string of the molecule is O=C(CCc1cccc(Cl)c1)N1CCc2nc3ccccc3c(C(=O)N3CCOCC3)c2C1. The summed E-state index contributed by atoms with van der Waals surface area (Å²) in [4.78, 5) is 35.3. The first-order valence-electron chi connectivity index (χ1n) is 11.4. The van der Waals surface area contributed by atoms with Crippen LogP contribution in [0.3, 0.4) is 0 Å². The van der Waals surface area contributed by atoms with Crippen LogP contribution in [0.25, 0.3) is 10.9 Å². The number of morpholine rings is 1. The van der Waals surface area contributed by atoms with Gasteiger partial charge in [-0.25, -0.2) is 0 Å². The highest BCUT2D eigenvalue weighted by atomic mass is 35.5. The van der Waals surface area contributed by atoms with Crippen LogP contribution in [0.2, 0.25) is 5.02 Å². The fraction of sp³-hybridized carbons (Fsp3) is 0.346. The average molecular weight is 464 g/mol. The van der Waals surface area contributed by atoms with E-state index < -0.39 is 0 Å². The topological polar surface area (TPSA) is 62.7 Å². The smallest absolute Gasteiger partial charge is 0.255 e. The summed E-state index contributed by atoms with van der Waals surface area (Å²) in [5.74, 6) is 0.0833. The number of nitrogens with zero attached hydrogens (tertiary/aromatic N) is 3. The molecule has 2 aliphatic rings. The molecular formula is C26H26ClN3O3. The molecule has 1 saturated heterocycles. The maximum atomic E-state index is 13.6. The Morgan fingerprint density at radius 1 is 1.00 bits per heavy atom. The van der Waals surface area contributed by atoms with E-state index in [4.69, 9.17) is 21.3 Å². The van der Waals surface area contributed by atoms with Crippen molar-refractivity contribution in [3.05, 3.63) is 75.9 Å². The monoisotopic (exact) mass is 463 g/mol. The second-order valence-electron chi connectivity index (χ2n) is 8.53. The van der Waals surface area contributed by atoms with Crippen molar-refractivity contribution in [2.75, 3.05) is 32.8 Å². The van der Waals surface area contributed by atoms with Crippen LogP contribution in [-0.4, -0.2) is 59.4 Å². The quantitative estimate of drug-likeness (QED) is 0.589. The molecule has 2 aromatic carbocycles. The van der Waals surface area contributed by atoms with E-state index >= 15 is 0 Å². The molecule has 0 N–H and O–H groups in total. The number of hydrogen-bond acceptors (Lipinski definition) is 4. The normalized spacial score (nSPS) is 16.0. The predicted octanol–water partition coefficient (Wildman–Crippen LogP) is 3.88. The molecule has 5 rings (SSSR count). The van der Waals surface area contributed by atoms with E-state index in [1.165, 1.54) is 0 Å². The molecule has 1 aromatic heterocycles. The van der Waals surface area contributed by atoms with Gasteiger partial charge in [-0.1, -0.05) is 41.9 Å². The Balaban J connectivity index is 1.43. The number of carbonyl (C=O) groups excluding carboxylic acids is 2. The maximum absolute atomic E-state index is 13.6. The first kappa shape index (κ1) is 21.9. The highest BCUT2D eigenvalue weighted by Crippen LogP contribution is 2.30. The summed E-state index contributed by atoms with van der Waals surface area (Å²) in [6.45, 7) is 3.26. The second kappa shape index (κ2) is 9.49. The minimum Gasteiger partial charge on any atom is -0.378 e. The van der Waals surface area contributed by atoms with Crippen LogP contribution >= 0.6 is 11.6 Å². The molecule has 170 valence electrons. The molecule has 0 radical (unpaired) electrons. The number of aryl methyl sites for hydroxylation is 1. The highest BCUT2D eigenvalue weighted by Gasteiger charge is 2.30. The van der Waals surface area contributed by atoms with Crippen LogP contribution in [0.1, 0.15) is 33.6 Å². The Morgan fingerprint density at radius 2 is 1.82 bits per heavy atom. The molecule has 1 fully saturated rings. The number of pyridine rings is 1. The van der Waals surface area contributed by atoms with Gasteiger partial charge in [-0.05, 0) is 30.2 Å². The number of fused-ring (bicyclic) bond motifs is 2. The number of halogens is 1. The third kappa shape index (κ3) is 4.59. The van der Waals surface area contributed by atoms with Crippen LogP contribution in [0.4, 0.5) is 0 Å². The zero-order valence-electron chi connectivity index (χ0n) is 18.4. The van der Waals surface area contributed by atoms with Crippen LogP contribution in [0.5, 0.6) is 0 Å². The van der Waals surface area contributed by atoms with Gasteiger partial charge in [0.05, 0.1) is 24.3 Å². The summed E-state index contributed by atoms with van der Waals surface area (Å²) in [5, 5.41) is 1.53. The van der Waals surface area contributed by atoms with Crippen LogP contribution in [0.15, 0.2) is 48.5 Å². The molecule has 2 amide bonds. The van der Waals surface area contributed by atoms with Crippen molar-refractivity contribution in [2.24, 2.45) is 0 Å². The first-order valence-corrected chi connectivity index (χ1v) is 11.8. The van der Waals surface area contributed by atoms with E-state index in [-0.39, 0.29) is 11.8 Å². The lowest BCUT2D eigenvalue weighted by molar-refractivity contribution is -0.132. The van der Waals surface area contributed by atoms with E-state index in [1.54, 1.807) is 0 Å². The van der Waals surface area contributed by atoms with Gasteiger partial charge in [0.1, 0.15) is 0 Å². The van der Waals surface area contributed by atoms with Crippen LogP contribution in [0, 0.1) is 0 Å². The number of rotatable bonds is 4. The van der Waals surface area contributed by atoms with Crippen LogP contribution < -0.4 is 0 Å². The van der Waals surface area contributed by atoms with E-state index in [1.807, 2.05) is 58.3 Å². The molecule has 3 heterocycles. The fourth-order valence-electron chi connectivity index (χ4n) is 4.67. The van der Waals surface area contributed by atoms with Gasteiger partial charge in [-0.2, -0.15) is 0 Å². The third-order valence-corrected chi connectivity index (χ3v) is 6.66. The minimum atomic E-state index is 0.00127. The van der Waals surface area contributed by atoms with Crippen molar-refractivity contribution < 1.29 is 14.3 Å². The minimum absolute atomic E-state index is 0.00127. The number of hydrogen-bond donors (Lipinski definition) is 0. The van der Waals surface area contributed by atoms with Crippen molar-refractivity contribution >= 4 is 34.3 Å². The number of benzene rings is 2. The van der Waals surface area contributed by atoms with Gasteiger partial charge in [0.2, 0.25) is 5.91 Å². The molecule has 6 nitrogen and oxygen atoms in total. The summed E-state index contributed by atoms with van der Waals surface area (Å²) in [7, 11) is 0. The molecule has 0 atom stereocenters. The lowest BCUT2D eigenvalue weighted by Gasteiger charge is -2.32. The zero-order chi connectivity index (χ0) is 22.8. The van der Waals surface area contributed by atoms with E-state index in [0.29, 0.717) is 69.2 Å². The number of para-hydroxylation sites is 1. The second-order valence-corrected chi connectivity index (χ2v) is 8.97. The molecule has 0 saturated carbocycles. The first-order chi connectivity index (χ1) is 16.1. The summed E-state index contributed by atoms with van der Waals surface area (Å²) in [6.07, 6.45) is 1.69. The van der Waals surface area contributed by atoms with Crippen molar-refractivity contribution in [1.82, 2.24) is 14.8 Å². The zero-order valence-corrected chi connectivity index (χ0v) is 19.2. The maximum Gasteiger partial charge on any atom is 0.255 e. The molecule has 0 bridgehead atoms. The summed E-state index contributed by atoms with van der Waals surface area (Å²) >= 11 is 6.08. The van der Waals surface area contributed by atoms with Gasteiger partial charge in [-0.3, -0.25) is 14.6 Å². The Morgan fingerprint density at radius 3 is 2.64 bits per heavy atom. The molecule has 33 heavy (non-hydrogen) atoms. The Kier molecular flexibility index (Phi) is 6.29. The van der Waals surface area contributed by atoms with Gasteiger partial charge in [0, 0.05) is 60.7 Å².